The van der Waals surface area contributed by atoms with Crippen molar-refractivity contribution in [3.05, 3.63) is 0 Å². The molecule has 0 unspecified atom stereocenters. The van der Waals surface area contributed by atoms with E-state index in [-0.39, 0.29) is 20.6 Å². The highest BCUT2D eigenvalue weighted by atomic mass is 32.2. The molecule has 0 aliphatic carbocycles. The summed E-state index contributed by atoms with van der Waals surface area (Å²) in [5.41, 5.74) is 0. The van der Waals surface area contributed by atoms with Crippen molar-refractivity contribution in [2.75, 3.05) is 6.61 Å². The highest BCUT2D eigenvalue weighted by molar-refractivity contribution is 8.14. The predicted molar refractivity (Wildman–Crippen MR) is 87.3 cm³/mol. The van der Waals surface area contributed by atoms with E-state index in [2.05, 4.69) is 12.6 Å². The molecule has 0 radical (unpaired) electrons. The van der Waals surface area contributed by atoms with E-state index in [1.54, 1.807) is 0 Å². The van der Waals surface area contributed by atoms with Gasteiger partial charge >= 0.3 is 5.97 Å². The number of thiol groups is 1. The molecule has 0 amide bonds. The highest BCUT2D eigenvalue weighted by Gasteiger charge is 2.19. The second kappa shape index (κ2) is 10.3. The fraction of sp³-hybridized carbons (Fsp3) is 0.786. The van der Waals surface area contributed by atoms with E-state index < -0.39 is 0 Å². The molecule has 0 aromatic heterocycles. The lowest BCUT2D eigenvalue weighted by molar-refractivity contribution is -0.141. The number of carbonyl (C=O) groups is 3. The van der Waals surface area contributed by atoms with E-state index in [0.717, 1.165) is 12.7 Å². The molecular formula is C14H26O4S2. The zero-order valence-corrected chi connectivity index (χ0v) is 14.9. The number of rotatable bonds is 6. The fourth-order valence-corrected chi connectivity index (χ4v) is 2.10. The van der Waals surface area contributed by atoms with Gasteiger partial charge in [-0.25, -0.2) is 0 Å². The summed E-state index contributed by atoms with van der Waals surface area (Å²) in [6.45, 7) is 11.1. The van der Waals surface area contributed by atoms with Crippen LogP contribution in [0.2, 0.25) is 0 Å². The van der Waals surface area contributed by atoms with Crippen LogP contribution >= 0.6 is 24.4 Å². The topological polar surface area (TPSA) is 60.4 Å². The summed E-state index contributed by atoms with van der Waals surface area (Å²) in [5.74, 6) is -0.224. The number of esters is 1. The maximum atomic E-state index is 10.6. The normalized spacial score (nSPS) is 11.2. The maximum Gasteiger partial charge on any atom is 0.302 e. The largest absolute Gasteiger partial charge is 0.466 e. The Hall–Kier alpha value is -0.490. The van der Waals surface area contributed by atoms with E-state index in [1.807, 2.05) is 27.7 Å². The van der Waals surface area contributed by atoms with Gasteiger partial charge in [-0.2, -0.15) is 12.6 Å². The molecule has 0 atom stereocenters. The molecular weight excluding hydrogens is 296 g/mol. The van der Waals surface area contributed by atoms with Crippen molar-refractivity contribution in [2.45, 2.75) is 63.9 Å². The highest BCUT2D eigenvalue weighted by Crippen LogP contribution is 2.27. The minimum atomic E-state index is -0.229. The number of aldehydes is 1. The first kappa shape index (κ1) is 21.8. The number of ether oxygens (including phenoxy) is 1. The molecule has 118 valence electrons. The Morgan fingerprint density at radius 3 is 2.00 bits per heavy atom. The summed E-state index contributed by atoms with van der Waals surface area (Å²) >= 11 is 5.48. The molecule has 20 heavy (non-hydrogen) atoms. The van der Waals surface area contributed by atoms with Crippen LogP contribution in [0.1, 0.15) is 54.4 Å². The fourth-order valence-electron chi connectivity index (χ4n) is 1.08. The monoisotopic (exact) mass is 322 g/mol. The Balaban J connectivity index is 0. The maximum absolute atomic E-state index is 10.6. The predicted octanol–water partition coefficient (Wildman–Crippen LogP) is 3.28. The molecule has 0 N–H and O–H groups in total. The summed E-state index contributed by atoms with van der Waals surface area (Å²) in [6.07, 6.45) is 2.06. The van der Waals surface area contributed by atoms with Crippen LogP contribution in [0.15, 0.2) is 0 Å². The standard InChI is InChI=1S/C7H14O2S.C7H12O2S/c1-6(8)9-5-4-7(2,3)10;1-6(9)10-7(2,3)4-5-8/h10H,4-5H2,1-3H3;5H,4H2,1-3H3. The summed E-state index contributed by atoms with van der Waals surface area (Å²) in [6, 6.07) is 0. The van der Waals surface area contributed by atoms with Gasteiger partial charge in [-0.15, -0.1) is 0 Å². The quantitative estimate of drug-likeness (QED) is 0.462. The molecule has 0 aliphatic rings. The third-order valence-corrected chi connectivity index (χ3v) is 3.24. The minimum absolute atomic E-state index is 0.0462. The van der Waals surface area contributed by atoms with E-state index in [1.165, 1.54) is 25.6 Å². The molecule has 0 fully saturated rings. The lowest BCUT2D eigenvalue weighted by Gasteiger charge is -2.18. The van der Waals surface area contributed by atoms with Crippen LogP contribution < -0.4 is 0 Å². The van der Waals surface area contributed by atoms with E-state index in [4.69, 9.17) is 4.74 Å². The minimum Gasteiger partial charge on any atom is -0.466 e. The average molecular weight is 322 g/mol. The Morgan fingerprint density at radius 2 is 1.70 bits per heavy atom. The second-order valence-corrected chi connectivity index (χ2v) is 8.72. The Bertz CT molecular complexity index is 320. The van der Waals surface area contributed by atoms with Crippen molar-refractivity contribution < 1.29 is 19.1 Å². The first-order valence-electron chi connectivity index (χ1n) is 6.38. The van der Waals surface area contributed by atoms with Crippen LogP contribution in [0.25, 0.3) is 0 Å². The van der Waals surface area contributed by atoms with Crippen LogP contribution in [0.3, 0.4) is 0 Å². The molecule has 0 aromatic carbocycles. The van der Waals surface area contributed by atoms with Crippen molar-refractivity contribution in [3.63, 3.8) is 0 Å². The zero-order valence-electron chi connectivity index (χ0n) is 13.2. The SMILES string of the molecule is CC(=O)OCCC(C)(C)S.CC(=O)SC(C)(C)CC=O. The molecule has 0 heterocycles. The van der Waals surface area contributed by atoms with E-state index in [0.29, 0.717) is 13.0 Å². The number of hydrogen-bond donors (Lipinski definition) is 1. The van der Waals surface area contributed by atoms with Crippen molar-refractivity contribution >= 4 is 41.8 Å². The van der Waals surface area contributed by atoms with Crippen LogP contribution in [0.5, 0.6) is 0 Å². The van der Waals surface area contributed by atoms with E-state index >= 15 is 0 Å². The number of carbonyl (C=O) groups excluding carboxylic acids is 3. The summed E-state index contributed by atoms with van der Waals surface area (Å²) in [4.78, 5) is 30.9. The van der Waals surface area contributed by atoms with Crippen LogP contribution in [0, 0.1) is 0 Å². The van der Waals surface area contributed by atoms with Crippen molar-refractivity contribution in [1.82, 2.24) is 0 Å². The van der Waals surface area contributed by atoms with Crippen LogP contribution in [-0.2, 0) is 19.1 Å². The van der Waals surface area contributed by atoms with Gasteiger partial charge < -0.3 is 9.53 Å². The van der Waals surface area contributed by atoms with Gasteiger partial charge in [0, 0.05) is 29.8 Å². The van der Waals surface area contributed by atoms with Crippen LogP contribution in [0.4, 0.5) is 0 Å². The molecule has 0 rings (SSSR count). The van der Waals surface area contributed by atoms with Gasteiger partial charge in [0.25, 0.3) is 0 Å². The van der Waals surface area contributed by atoms with E-state index in [9.17, 15) is 14.4 Å². The Kier molecular flexibility index (Phi) is 11.2. The molecule has 0 aromatic rings. The summed E-state index contributed by atoms with van der Waals surface area (Å²) in [5, 5.41) is 0.0619. The lowest BCUT2D eigenvalue weighted by Crippen LogP contribution is -2.16. The number of thioether (sulfide) groups is 1. The second-order valence-electron chi connectivity index (χ2n) is 5.63. The van der Waals surface area contributed by atoms with Crippen LogP contribution in [-0.4, -0.2) is 33.5 Å². The van der Waals surface area contributed by atoms with Gasteiger partial charge in [-0.05, 0) is 20.3 Å². The van der Waals surface area contributed by atoms with Crippen molar-refractivity contribution in [2.24, 2.45) is 0 Å². The van der Waals surface area contributed by atoms with Gasteiger partial charge in [-0.3, -0.25) is 9.59 Å². The summed E-state index contributed by atoms with van der Waals surface area (Å²) in [7, 11) is 0. The number of hydrogen-bond acceptors (Lipinski definition) is 6. The molecule has 0 spiro atoms. The third kappa shape index (κ3) is 19.8. The smallest absolute Gasteiger partial charge is 0.302 e. The van der Waals surface area contributed by atoms with Gasteiger partial charge in [-0.1, -0.05) is 25.6 Å². The first-order chi connectivity index (χ1) is 8.89. The van der Waals surface area contributed by atoms with Crippen molar-refractivity contribution in [3.8, 4) is 0 Å². The first-order valence-corrected chi connectivity index (χ1v) is 7.65. The summed E-state index contributed by atoms with van der Waals surface area (Å²) < 4.78 is 4.46. The third-order valence-electron chi connectivity index (χ3n) is 2.01. The lowest BCUT2D eigenvalue weighted by atomic mass is 10.1. The van der Waals surface area contributed by atoms with Crippen molar-refractivity contribution in [1.29, 1.82) is 0 Å². The molecule has 0 saturated carbocycles. The van der Waals surface area contributed by atoms with Gasteiger partial charge in [0.15, 0.2) is 5.12 Å². The molecule has 0 saturated heterocycles. The Morgan fingerprint density at radius 1 is 1.20 bits per heavy atom. The van der Waals surface area contributed by atoms with Gasteiger partial charge in [0.1, 0.15) is 6.29 Å². The molecule has 6 heteroatoms. The average Bonchev–Trinajstić information content (AvgIpc) is 2.12. The molecule has 0 aliphatic heterocycles. The molecule has 4 nitrogen and oxygen atoms in total. The Labute approximate surface area is 131 Å². The van der Waals surface area contributed by atoms with Gasteiger partial charge in [0.2, 0.25) is 0 Å². The van der Waals surface area contributed by atoms with Gasteiger partial charge in [0.05, 0.1) is 6.61 Å². The molecule has 0 bridgehead atoms. The zero-order chi connectivity index (χ0) is 16.4.